The molecule has 1 N–H and O–H groups in total. The number of carbonyl (C=O) groups is 1. The Labute approximate surface area is 150 Å². The highest BCUT2D eigenvalue weighted by Crippen LogP contribution is 2.25. The number of H-pyrrole nitrogens is 1. The Kier molecular flexibility index (Phi) is 5.17. The summed E-state index contributed by atoms with van der Waals surface area (Å²) in [6.07, 6.45) is 0. The first-order valence-corrected chi connectivity index (χ1v) is 8.06. The van der Waals surface area contributed by atoms with Crippen molar-refractivity contribution < 1.29 is 14.3 Å². The molecule has 26 heavy (non-hydrogen) atoms. The molecule has 3 aromatic rings. The molecule has 1 amide bonds. The fourth-order valence-corrected chi connectivity index (χ4v) is 2.51. The number of methoxy groups -OCH3 is 1. The van der Waals surface area contributed by atoms with Crippen molar-refractivity contribution in [2.24, 2.45) is 0 Å². The van der Waals surface area contributed by atoms with Crippen molar-refractivity contribution in [2.45, 2.75) is 6.54 Å². The Morgan fingerprint density at radius 3 is 2.58 bits per heavy atom. The molecular weight excluding hydrogens is 334 g/mol. The highest BCUT2D eigenvalue weighted by atomic mass is 16.5. The van der Waals surface area contributed by atoms with Crippen LogP contribution in [0.4, 0.5) is 0 Å². The van der Waals surface area contributed by atoms with E-state index in [0.717, 1.165) is 0 Å². The molecule has 0 bridgehead atoms. The zero-order valence-corrected chi connectivity index (χ0v) is 14.6. The summed E-state index contributed by atoms with van der Waals surface area (Å²) in [7, 11) is 3.17. The Hall–Kier alpha value is -3.35. The van der Waals surface area contributed by atoms with Crippen LogP contribution in [-0.4, -0.2) is 41.5 Å². The zero-order valence-electron chi connectivity index (χ0n) is 14.6. The van der Waals surface area contributed by atoms with Gasteiger partial charge in [-0.3, -0.25) is 9.59 Å². The van der Waals surface area contributed by atoms with Gasteiger partial charge in [-0.2, -0.15) is 0 Å². The SMILES string of the molecule is COc1ccccc1OCC(=O)N(C)Cc1nc2ccccc2c(=O)[nH]1. The molecule has 0 aliphatic rings. The number of carbonyl (C=O) groups excluding carboxylic acids is 1. The van der Waals surface area contributed by atoms with Crippen LogP contribution in [0.3, 0.4) is 0 Å². The van der Waals surface area contributed by atoms with Gasteiger partial charge in [0.2, 0.25) is 0 Å². The molecule has 0 fully saturated rings. The van der Waals surface area contributed by atoms with Crippen LogP contribution in [-0.2, 0) is 11.3 Å². The van der Waals surface area contributed by atoms with Crippen LogP contribution in [0.1, 0.15) is 5.82 Å². The lowest BCUT2D eigenvalue weighted by Gasteiger charge is -2.17. The number of hydrogen-bond acceptors (Lipinski definition) is 5. The minimum atomic E-state index is -0.244. The minimum Gasteiger partial charge on any atom is -0.493 e. The molecule has 0 aliphatic carbocycles. The molecule has 0 atom stereocenters. The summed E-state index contributed by atoms with van der Waals surface area (Å²) in [5, 5.41) is 0.518. The predicted molar refractivity (Wildman–Crippen MR) is 97.3 cm³/mol. The van der Waals surface area contributed by atoms with Gasteiger partial charge in [0.05, 0.1) is 24.6 Å². The molecule has 0 unspecified atom stereocenters. The predicted octanol–water partition coefficient (Wildman–Crippen LogP) is 1.97. The first-order valence-electron chi connectivity index (χ1n) is 8.06. The van der Waals surface area contributed by atoms with Gasteiger partial charge in [-0.1, -0.05) is 24.3 Å². The largest absolute Gasteiger partial charge is 0.493 e. The van der Waals surface area contributed by atoms with Crippen LogP contribution in [0.25, 0.3) is 10.9 Å². The van der Waals surface area contributed by atoms with Crippen molar-refractivity contribution in [3.63, 3.8) is 0 Å². The third-order valence-corrected chi connectivity index (χ3v) is 3.89. The van der Waals surface area contributed by atoms with E-state index < -0.39 is 0 Å². The van der Waals surface area contributed by atoms with Crippen LogP contribution < -0.4 is 15.0 Å². The summed E-state index contributed by atoms with van der Waals surface area (Å²) in [5.74, 6) is 1.23. The van der Waals surface area contributed by atoms with Crippen LogP contribution in [0, 0.1) is 0 Å². The van der Waals surface area contributed by atoms with Gasteiger partial charge in [0.25, 0.3) is 11.5 Å². The third-order valence-electron chi connectivity index (χ3n) is 3.89. The molecule has 0 saturated heterocycles. The number of likely N-dealkylation sites (N-methyl/N-ethyl adjacent to an activating group) is 1. The van der Waals surface area contributed by atoms with Crippen molar-refractivity contribution in [1.29, 1.82) is 0 Å². The van der Waals surface area contributed by atoms with Gasteiger partial charge in [-0.15, -0.1) is 0 Å². The van der Waals surface area contributed by atoms with E-state index in [1.165, 1.54) is 12.0 Å². The van der Waals surface area contributed by atoms with Crippen molar-refractivity contribution >= 4 is 16.8 Å². The van der Waals surface area contributed by atoms with Gasteiger partial charge < -0.3 is 19.4 Å². The lowest BCUT2D eigenvalue weighted by molar-refractivity contribution is -0.132. The van der Waals surface area contributed by atoms with Crippen LogP contribution in [0.2, 0.25) is 0 Å². The quantitative estimate of drug-likeness (QED) is 0.732. The fourth-order valence-electron chi connectivity index (χ4n) is 2.51. The maximum Gasteiger partial charge on any atom is 0.260 e. The molecular formula is C19H19N3O4. The highest BCUT2D eigenvalue weighted by Gasteiger charge is 2.13. The standard InChI is InChI=1S/C19H19N3O4/c1-22(18(23)12-26-16-10-6-5-9-15(16)25-2)11-17-20-14-8-4-3-7-13(14)19(24)21-17/h3-10H,11-12H2,1-2H3,(H,20,21,24). The third kappa shape index (κ3) is 3.83. The number of aromatic nitrogens is 2. The maximum absolute atomic E-state index is 12.3. The summed E-state index contributed by atoms with van der Waals surface area (Å²) < 4.78 is 10.7. The van der Waals surface area contributed by atoms with E-state index in [2.05, 4.69) is 9.97 Å². The molecule has 7 nitrogen and oxygen atoms in total. The van der Waals surface area contributed by atoms with Gasteiger partial charge >= 0.3 is 0 Å². The Bertz CT molecular complexity index is 984. The van der Waals surface area contributed by atoms with Gasteiger partial charge in [-0.25, -0.2) is 4.98 Å². The number of nitrogens with zero attached hydrogens (tertiary/aromatic N) is 2. The van der Waals surface area contributed by atoms with Crippen molar-refractivity contribution in [2.75, 3.05) is 20.8 Å². The van der Waals surface area contributed by atoms with Crippen LogP contribution >= 0.6 is 0 Å². The average molecular weight is 353 g/mol. The second kappa shape index (κ2) is 7.69. The number of aromatic amines is 1. The molecule has 2 aromatic carbocycles. The van der Waals surface area contributed by atoms with Crippen LogP contribution in [0.5, 0.6) is 11.5 Å². The summed E-state index contributed by atoms with van der Waals surface area (Å²) in [6, 6.07) is 14.2. The number of amides is 1. The second-order valence-corrected chi connectivity index (χ2v) is 5.72. The number of para-hydroxylation sites is 3. The molecule has 1 heterocycles. The summed E-state index contributed by atoms with van der Waals surface area (Å²) >= 11 is 0. The Balaban J connectivity index is 1.67. The highest BCUT2D eigenvalue weighted by molar-refractivity contribution is 5.78. The summed E-state index contributed by atoms with van der Waals surface area (Å²) in [5.41, 5.74) is 0.370. The molecule has 0 spiro atoms. The Morgan fingerprint density at radius 2 is 1.81 bits per heavy atom. The number of nitrogens with one attached hydrogen (secondary N) is 1. The van der Waals surface area contributed by atoms with E-state index >= 15 is 0 Å². The smallest absolute Gasteiger partial charge is 0.260 e. The molecule has 0 aliphatic heterocycles. The first kappa shape index (κ1) is 17.5. The van der Waals surface area contributed by atoms with E-state index in [0.29, 0.717) is 28.2 Å². The van der Waals surface area contributed by atoms with E-state index in [4.69, 9.17) is 9.47 Å². The normalized spacial score (nSPS) is 10.5. The molecule has 134 valence electrons. The first-order chi connectivity index (χ1) is 12.6. The average Bonchev–Trinajstić information content (AvgIpc) is 2.66. The maximum atomic E-state index is 12.3. The van der Waals surface area contributed by atoms with Gasteiger partial charge in [0, 0.05) is 7.05 Å². The molecule has 0 radical (unpaired) electrons. The number of ether oxygens (including phenoxy) is 2. The topological polar surface area (TPSA) is 84.5 Å². The number of hydrogen-bond donors (Lipinski definition) is 1. The molecule has 0 saturated carbocycles. The molecule has 7 heteroatoms. The number of rotatable bonds is 6. The van der Waals surface area contributed by atoms with E-state index in [1.807, 2.05) is 12.1 Å². The van der Waals surface area contributed by atoms with Crippen molar-refractivity contribution in [3.8, 4) is 11.5 Å². The van der Waals surface area contributed by atoms with Crippen molar-refractivity contribution in [3.05, 3.63) is 64.7 Å². The van der Waals surface area contributed by atoms with E-state index in [1.54, 1.807) is 43.4 Å². The van der Waals surface area contributed by atoms with E-state index in [-0.39, 0.29) is 24.6 Å². The monoisotopic (exact) mass is 353 g/mol. The fraction of sp³-hybridized carbons (Fsp3) is 0.211. The van der Waals surface area contributed by atoms with E-state index in [9.17, 15) is 9.59 Å². The minimum absolute atomic E-state index is 0.144. The summed E-state index contributed by atoms with van der Waals surface area (Å²) in [6.45, 7) is 0.0306. The lowest BCUT2D eigenvalue weighted by atomic mass is 10.2. The molecule has 3 rings (SSSR count). The lowest BCUT2D eigenvalue weighted by Crippen LogP contribution is -2.32. The summed E-state index contributed by atoms with van der Waals surface area (Å²) in [4.78, 5) is 33.0. The molecule has 1 aromatic heterocycles. The number of fused-ring (bicyclic) bond motifs is 1. The van der Waals surface area contributed by atoms with Crippen LogP contribution in [0.15, 0.2) is 53.3 Å². The number of benzene rings is 2. The Morgan fingerprint density at radius 1 is 1.12 bits per heavy atom. The zero-order chi connectivity index (χ0) is 18.5. The van der Waals surface area contributed by atoms with Crippen molar-refractivity contribution in [1.82, 2.24) is 14.9 Å². The van der Waals surface area contributed by atoms with Gasteiger partial charge in [-0.05, 0) is 24.3 Å². The van der Waals surface area contributed by atoms with Gasteiger partial charge in [0.1, 0.15) is 5.82 Å². The second-order valence-electron chi connectivity index (χ2n) is 5.72. The van der Waals surface area contributed by atoms with Gasteiger partial charge in [0.15, 0.2) is 18.1 Å².